The zero-order valence-corrected chi connectivity index (χ0v) is 9.28. The molecule has 2 rings (SSSR count). The van der Waals surface area contributed by atoms with Crippen molar-refractivity contribution in [2.45, 2.75) is 5.88 Å². The van der Waals surface area contributed by atoms with E-state index in [9.17, 15) is 0 Å². The van der Waals surface area contributed by atoms with E-state index < -0.39 is 0 Å². The van der Waals surface area contributed by atoms with Gasteiger partial charge in [0.05, 0.1) is 7.11 Å². The van der Waals surface area contributed by atoms with E-state index >= 15 is 0 Å². The molecule has 4 heteroatoms. The first-order valence-electron chi connectivity index (χ1n) is 4.16. The molecule has 1 aromatic carbocycles. The number of hydrogen-bond donors (Lipinski definition) is 1. The first-order valence-corrected chi connectivity index (χ1v) is 5.51. The van der Waals surface area contributed by atoms with Gasteiger partial charge in [-0.1, -0.05) is 11.3 Å². The summed E-state index contributed by atoms with van der Waals surface area (Å²) in [5.41, 5.74) is 7.55. The number of halogens is 1. The second-order valence-corrected chi connectivity index (χ2v) is 4.31. The van der Waals surface area contributed by atoms with E-state index in [2.05, 4.69) is 0 Å². The summed E-state index contributed by atoms with van der Waals surface area (Å²) < 4.78 is 6.29. The third kappa shape index (κ3) is 1.53. The topological polar surface area (TPSA) is 35.2 Å². The summed E-state index contributed by atoms with van der Waals surface area (Å²) in [6.07, 6.45) is 0. The van der Waals surface area contributed by atoms with E-state index in [0.717, 1.165) is 26.4 Å². The Bertz CT molecular complexity index is 466. The lowest BCUT2D eigenvalue weighted by Gasteiger charge is -2.00. The quantitative estimate of drug-likeness (QED) is 0.632. The zero-order chi connectivity index (χ0) is 10.1. The Kier molecular flexibility index (Phi) is 2.52. The number of benzene rings is 1. The predicted molar refractivity (Wildman–Crippen MR) is 62.3 cm³/mol. The molecule has 14 heavy (non-hydrogen) atoms. The summed E-state index contributed by atoms with van der Waals surface area (Å²) in [6.45, 7) is 0. The summed E-state index contributed by atoms with van der Waals surface area (Å²) in [5, 5.41) is 2.03. The van der Waals surface area contributed by atoms with E-state index in [1.807, 2.05) is 18.2 Å². The molecule has 2 aromatic rings. The Morgan fingerprint density at radius 2 is 2.21 bits per heavy atom. The molecule has 0 saturated heterocycles. The zero-order valence-electron chi connectivity index (χ0n) is 7.71. The number of thiophene rings is 1. The van der Waals surface area contributed by atoms with Crippen molar-refractivity contribution in [2.24, 2.45) is 0 Å². The molecule has 0 aliphatic rings. The number of anilines is 1. The number of alkyl halides is 1. The van der Waals surface area contributed by atoms with Crippen LogP contribution in [0.1, 0.15) is 5.56 Å². The molecule has 0 amide bonds. The van der Waals surface area contributed by atoms with Crippen molar-refractivity contribution in [3.8, 4) is 5.06 Å². The van der Waals surface area contributed by atoms with Gasteiger partial charge >= 0.3 is 0 Å². The van der Waals surface area contributed by atoms with Gasteiger partial charge < -0.3 is 10.5 Å². The van der Waals surface area contributed by atoms with Gasteiger partial charge in [-0.05, 0) is 29.1 Å². The van der Waals surface area contributed by atoms with E-state index in [0.29, 0.717) is 5.88 Å². The monoisotopic (exact) mass is 227 g/mol. The fourth-order valence-corrected chi connectivity index (χ4v) is 2.48. The van der Waals surface area contributed by atoms with Gasteiger partial charge in [0.25, 0.3) is 0 Å². The number of hydrogen-bond acceptors (Lipinski definition) is 3. The molecule has 0 atom stereocenters. The number of fused-ring (bicyclic) bond motifs is 1. The van der Waals surface area contributed by atoms with Crippen molar-refractivity contribution in [3.05, 3.63) is 23.8 Å². The van der Waals surface area contributed by atoms with Gasteiger partial charge in [0, 0.05) is 16.3 Å². The van der Waals surface area contributed by atoms with Crippen LogP contribution in [-0.2, 0) is 5.88 Å². The highest BCUT2D eigenvalue weighted by atomic mass is 35.5. The SMILES string of the molecule is COc1cc2cc(CCl)c(N)cc2s1. The molecule has 0 aliphatic carbocycles. The van der Waals surface area contributed by atoms with Crippen molar-refractivity contribution in [1.82, 2.24) is 0 Å². The Hall–Kier alpha value is -0.930. The second-order valence-electron chi connectivity index (χ2n) is 2.99. The average molecular weight is 228 g/mol. The maximum absolute atomic E-state index is 5.83. The van der Waals surface area contributed by atoms with Crippen LogP contribution in [0.15, 0.2) is 18.2 Å². The van der Waals surface area contributed by atoms with Crippen molar-refractivity contribution >= 4 is 38.7 Å². The normalized spacial score (nSPS) is 10.7. The van der Waals surface area contributed by atoms with Crippen LogP contribution in [-0.4, -0.2) is 7.11 Å². The van der Waals surface area contributed by atoms with Gasteiger partial charge in [0.1, 0.15) is 0 Å². The lowest BCUT2D eigenvalue weighted by atomic mass is 10.1. The molecule has 1 heterocycles. The summed E-state index contributed by atoms with van der Waals surface area (Å²) in [6, 6.07) is 5.95. The number of rotatable bonds is 2. The smallest absolute Gasteiger partial charge is 0.174 e. The van der Waals surface area contributed by atoms with Crippen LogP contribution in [0.4, 0.5) is 5.69 Å². The number of nitrogen functional groups attached to an aromatic ring is 1. The minimum atomic E-state index is 0.444. The lowest BCUT2D eigenvalue weighted by Crippen LogP contribution is -1.90. The third-order valence-electron chi connectivity index (χ3n) is 2.10. The van der Waals surface area contributed by atoms with Crippen LogP contribution in [0, 0.1) is 0 Å². The summed E-state index contributed by atoms with van der Waals surface area (Å²) in [5.74, 6) is 0.444. The van der Waals surface area contributed by atoms with Crippen molar-refractivity contribution in [3.63, 3.8) is 0 Å². The van der Waals surface area contributed by atoms with E-state index in [4.69, 9.17) is 22.1 Å². The van der Waals surface area contributed by atoms with Crippen LogP contribution in [0.3, 0.4) is 0 Å². The molecule has 74 valence electrons. The van der Waals surface area contributed by atoms with E-state index in [1.54, 1.807) is 18.4 Å². The summed E-state index contributed by atoms with van der Waals surface area (Å²) in [4.78, 5) is 0. The van der Waals surface area contributed by atoms with Gasteiger partial charge in [-0.15, -0.1) is 11.6 Å². The van der Waals surface area contributed by atoms with Gasteiger partial charge in [-0.3, -0.25) is 0 Å². The highest BCUT2D eigenvalue weighted by Crippen LogP contribution is 2.34. The highest BCUT2D eigenvalue weighted by Gasteiger charge is 2.05. The van der Waals surface area contributed by atoms with Crippen molar-refractivity contribution in [1.29, 1.82) is 0 Å². The number of nitrogens with two attached hydrogens (primary N) is 1. The highest BCUT2D eigenvalue weighted by molar-refractivity contribution is 7.20. The van der Waals surface area contributed by atoms with Crippen LogP contribution in [0.2, 0.25) is 0 Å². The van der Waals surface area contributed by atoms with Crippen LogP contribution in [0.25, 0.3) is 10.1 Å². The molecule has 0 bridgehead atoms. The minimum Gasteiger partial charge on any atom is -0.487 e. The molecule has 2 N–H and O–H groups in total. The average Bonchev–Trinajstić information content (AvgIpc) is 2.58. The number of ether oxygens (including phenoxy) is 1. The second kappa shape index (κ2) is 3.67. The Morgan fingerprint density at radius 1 is 1.43 bits per heavy atom. The Labute approximate surface area is 91.2 Å². The molecule has 2 nitrogen and oxygen atoms in total. The minimum absolute atomic E-state index is 0.444. The Balaban J connectivity index is 2.64. The fourth-order valence-electron chi connectivity index (χ4n) is 1.34. The molecular weight excluding hydrogens is 218 g/mol. The van der Waals surface area contributed by atoms with E-state index in [1.165, 1.54) is 0 Å². The lowest BCUT2D eigenvalue weighted by molar-refractivity contribution is 0.427. The summed E-state index contributed by atoms with van der Waals surface area (Å²) in [7, 11) is 1.66. The maximum atomic E-state index is 5.83. The molecule has 0 radical (unpaired) electrons. The molecular formula is C10H10ClNOS. The van der Waals surface area contributed by atoms with Gasteiger partial charge in [-0.2, -0.15) is 0 Å². The maximum Gasteiger partial charge on any atom is 0.174 e. The van der Waals surface area contributed by atoms with Crippen LogP contribution in [0.5, 0.6) is 5.06 Å². The van der Waals surface area contributed by atoms with Crippen molar-refractivity contribution in [2.75, 3.05) is 12.8 Å². The van der Waals surface area contributed by atoms with Gasteiger partial charge in [-0.25, -0.2) is 0 Å². The van der Waals surface area contributed by atoms with Gasteiger partial charge in [0.15, 0.2) is 5.06 Å². The fraction of sp³-hybridized carbons (Fsp3) is 0.200. The summed E-state index contributed by atoms with van der Waals surface area (Å²) >= 11 is 7.35. The largest absolute Gasteiger partial charge is 0.487 e. The molecule has 0 spiro atoms. The standard InChI is InChI=1S/C10H10ClNOS/c1-13-10-3-6-2-7(5-11)8(12)4-9(6)14-10/h2-4H,5,12H2,1H3. The molecule has 1 aromatic heterocycles. The molecule has 0 aliphatic heterocycles. The number of methoxy groups -OCH3 is 1. The molecule has 0 saturated carbocycles. The van der Waals surface area contributed by atoms with E-state index in [-0.39, 0.29) is 0 Å². The van der Waals surface area contributed by atoms with Crippen molar-refractivity contribution < 1.29 is 4.74 Å². The first kappa shape index (κ1) is 9.62. The Morgan fingerprint density at radius 3 is 2.86 bits per heavy atom. The third-order valence-corrected chi connectivity index (χ3v) is 3.45. The predicted octanol–water partition coefficient (Wildman–Crippen LogP) is 3.23. The van der Waals surface area contributed by atoms with Crippen LogP contribution >= 0.6 is 22.9 Å². The first-order chi connectivity index (χ1) is 6.74. The molecule has 0 fully saturated rings. The molecule has 0 unspecified atom stereocenters. The van der Waals surface area contributed by atoms with Gasteiger partial charge in [0.2, 0.25) is 0 Å². The van der Waals surface area contributed by atoms with Crippen LogP contribution < -0.4 is 10.5 Å².